The van der Waals surface area contributed by atoms with Crippen LogP contribution >= 0.6 is 0 Å². The fourth-order valence-electron chi connectivity index (χ4n) is 3.44. The second kappa shape index (κ2) is 9.21. The van der Waals surface area contributed by atoms with Gasteiger partial charge >= 0.3 is 0 Å². The first kappa shape index (κ1) is 23.0. The van der Waals surface area contributed by atoms with Gasteiger partial charge < -0.3 is 20.3 Å². The number of nitrogens with zero attached hydrogens (tertiary/aromatic N) is 4. The van der Waals surface area contributed by atoms with Crippen LogP contribution < -0.4 is 5.32 Å². The minimum absolute atomic E-state index is 0.161. The van der Waals surface area contributed by atoms with Crippen LogP contribution in [0, 0.1) is 11.3 Å². The van der Waals surface area contributed by atoms with E-state index in [1.807, 2.05) is 30.3 Å². The molecule has 0 aliphatic rings. The van der Waals surface area contributed by atoms with Gasteiger partial charge in [-0.3, -0.25) is 4.57 Å². The van der Waals surface area contributed by atoms with Crippen molar-refractivity contribution >= 4 is 17.0 Å². The fraction of sp³-hybridized carbons (Fsp3) is 0.476. The maximum Gasteiger partial charge on any atom is 0.300 e. The Balaban J connectivity index is 1.97. The van der Waals surface area contributed by atoms with Crippen molar-refractivity contribution in [2.45, 2.75) is 32.5 Å². The van der Waals surface area contributed by atoms with E-state index in [-0.39, 0.29) is 5.65 Å². The molecular weight excluding hydrogens is 408 g/mol. The second-order valence-corrected chi connectivity index (χ2v) is 7.76. The largest absolute Gasteiger partial charge is 0.396 e. The first-order valence-electron chi connectivity index (χ1n) is 9.87. The Labute approximate surface area is 178 Å². The molecule has 0 saturated carbocycles. The van der Waals surface area contributed by atoms with Gasteiger partial charge in [0.1, 0.15) is 6.33 Å². The van der Waals surface area contributed by atoms with Crippen LogP contribution in [0.5, 0.6) is 0 Å². The molecule has 3 N–H and O–H groups in total. The summed E-state index contributed by atoms with van der Waals surface area (Å²) in [4.78, 5) is 12.6. The molecule has 0 bridgehead atoms. The summed E-state index contributed by atoms with van der Waals surface area (Å²) in [6, 6.07) is 9.64. The highest BCUT2D eigenvalue weighted by Crippen LogP contribution is 2.49. The van der Waals surface area contributed by atoms with Gasteiger partial charge in [-0.05, 0) is 11.5 Å². The third-order valence-corrected chi connectivity index (χ3v) is 5.90. The van der Waals surface area contributed by atoms with E-state index < -0.39 is 36.7 Å². The molecule has 31 heavy (non-hydrogen) atoms. The maximum atomic E-state index is 15.6. The van der Waals surface area contributed by atoms with E-state index in [2.05, 4.69) is 20.3 Å². The summed E-state index contributed by atoms with van der Waals surface area (Å²) in [7, 11) is 1.15. The van der Waals surface area contributed by atoms with E-state index in [1.54, 1.807) is 0 Å². The third-order valence-electron chi connectivity index (χ3n) is 5.90. The van der Waals surface area contributed by atoms with Crippen molar-refractivity contribution in [1.82, 2.24) is 19.5 Å². The molecule has 0 aliphatic heterocycles. The van der Waals surface area contributed by atoms with Crippen LogP contribution in [0.2, 0.25) is 0 Å². The van der Waals surface area contributed by atoms with Gasteiger partial charge in [0.15, 0.2) is 17.0 Å². The quantitative estimate of drug-likeness (QED) is 0.450. The number of imidazole rings is 1. The predicted molar refractivity (Wildman–Crippen MR) is 112 cm³/mol. The summed E-state index contributed by atoms with van der Waals surface area (Å²) in [6.07, 6.45) is 0.678. The van der Waals surface area contributed by atoms with E-state index >= 15 is 8.78 Å². The van der Waals surface area contributed by atoms with Crippen molar-refractivity contribution in [3.05, 3.63) is 48.5 Å². The van der Waals surface area contributed by atoms with Crippen LogP contribution in [0.4, 0.5) is 14.6 Å². The molecule has 8 nitrogen and oxygen atoms in total. The number of alkyl halides is 2. The van der Waals surface area contributed by atoms with Gasteiger partial charge in [-0.2, -0.15) is 0 Å². The maximum absolute atomic E-state index is 15.6. The predicted octanol–water partition coefficient (Wildman–Crippen LogP) is 2.85. The summed E-state index contributed by atoms with van der Waals surface area (Å²) in [5, 5.41) is 22.4. The number of hydrogen-bond donors (Lipinski definition) is 3. The number of halogens is 2. The smallest absolute Gasteiger partial charge is 0.300 e. The Bertz CT molecular complexity index is 1000. The van der Waals surface area contributed by atoms with Crippen LogP contribution in [0.15, 0.2) is 43.0 Å². The molecule has 0 radical (unpaired) electrons. The third kappa shape index (κ3) is 4.10. The van der Waals surface area contributed by atoms with Crippen molar-refractivity contribution in [3.8, 4) is 0 Å². The zero-order chi connectivity index (χ0) is 22.6. The monoisotopic (exact) mass is 435 g/mol. The van der Waals surface area contributed by atoms with Crippen molar-refractivity contribution in [1.29, 1.82) is 0 Å². The van der Waals surface area contributed by atoms with Gasteiger partial charge in [-0.25, -0.2) is 23.7 Å². The van der Waals surface area contributed by atoms with Gasteiger partial charge in [0.05, 0.1) is 18.3 Å². The number of methoxy groups -OCH3 is 1. The molecule has 0 saturated heterocycles. The SMILES string of the molecule is CO[C@@H](n1cnc2c(NCc3ccccc3)ncnc21)C(F)(F)C(C)(CO)[C@H](C)CO. The minimum Gasteiger partial charge on any atom is -0.396 e. The molecule has 1 aromatic carbocycles. The lowest BCUT2D eigenvalue weighted by molar-refractivity contribution is -0.249. The van der Waals surface area contributed by atoms with Gasteiger partial charge in [-0.1, -0.05) is 44.2 Å². The number of benzene rings is 1. The van der Waals surface area contributed by atoms with Crippen molar-refractivity contribution in [2.24, 2.45) is 11.3 Å². The highest BCUT2D eigenvalue weighted by atomic mass is 19.3. The van der Waals surface area contributed by atoms with Crippen LogP contribution in [0.1, 0.15) is 25.6 Å². The van der Waals surface area contributed by atoms with Crippen molar-refractivity contribution in [2.75, 3.05) is 25.6 Å². The normalized spacial score (nSPS) is 16.1. The molecule has 1 unspecified atom stereocenters. The number of aliphatic hydroxyl groups excluding tert-OH is 2. The number of ether oxygens (including phenoxy) is 1. The molecule has 3 rings (SSSR count). The highest BCUT2D eigenvalue weighted by molar-refractivity contribution is 5.82. The molecule has 0 aliphatic carbocycles. The summed E-state index contributed by atoms with van der Waals surface area (Å²) in [5.74, 6) is -4.05. The van der Waals surface area contributed by atoms with Crippen molar-refractivity contribution in [3.63, 3.8) is 0 Å². The number of rotatable bonds is 10. The summed E-state index contributed by atoms with van der Waals surface area (Å²) >= 11 is 0. The molecular formula is C21H27F2N5O3. The van der Waals surface area contributed by atoms with Gasteiger partial charge in [0.2, 0.25) is 6.23 Å². The Morgan fingerprint density at radius 2 is 1.87 bits per heavy atom. The molecule has 2 aromatic heterocycles. The van der Waals surface area contributed by atoms with E-state index in [4.69, 9.17) is 4.74 Å². The Morgan fingerprint density at radius 1 is 1.16 bits per heavy atom. The Hall–Kier alpha value is -2.69. The number of anilines is 1. The molecule has 168 valence electrons. The highest BCUT2D eigenvalue weighted by Gasteiger charge is 2.59. The van der Waals surface area contributed by atoms with Crippen LogP contribution in [-0.2, 0) is 11.3 Å². The van der Waals surface area contributed by atoms with E-state index in [1.165, 1.54) is 26.5 Å². The molecule has 0 spiro atoms. The van der Waals surface area contributed by atoms with Gasteiger partial charge in [0.25, 0.3) is 5.92 Å². The number of fused-ring (bicyclic) bond motifs is 1. The lowest BCUT2D eigenvalue weighted by atomic mass is 9.73. The van der Waals surface area contributed by atoms with Gasteiger partial charge in [-0.15, -0.1) is 0 Å². The van der Waals surface area contributed by atoms with Crippen LogP contribution in [0.3, 0.4) is 0 Å². The van der Waals surface area contributed by atoms with E-state index in [9.17, 15) is 10.2 Å². The first-order valence-corrected chi connectivity index (χ1v) is 9.87. The van der Waals surface area contributed by atoms with Crippen LogP contribution in [0.25, 0.3) is 11.2 Å². The number of aliphatic hydroxyl groups is 2. The Kier molecular flexibility index (Phi) is 6.83. The zero-order valence-corrected chi connectivity index (χ0v) is 17.7. The molecule has 10 heteroatoms. The Morgan fingerprint density at radius 3 is 2.48 bits per heavy atom. The minimum atomic E-state index is -3.56. The van der Waals surface area contributed by atoms with Crippen molar-refractivity contribution < 1.29 is 23.7 Å². The first-order chi connectivity index (χ1) is 14.8. The zero-order valence-electron chi connectivity index (χ0n) is 17.7. The summed E-state index contributed by atoms with van der Waals surface area (Å²) < 4.78 is 37.6. The fourth-order valence-corrected chi connectivity index (χ4v) is 3.44. The van der Waals surface area contributed by atoms with E-state index in [0.29, 0.717) is 17.9 Å². The van der Waals surface area contributed by atoms with Gasteiger partial charge in [0, 0.05) is 20.3 Å². The molecule has 3 aromatic rings. The molecule has 2 heterocycles. The molecule has 0 amide bonds. The number of hydrogen-bond acceptors (Lipinski definition) is 7. The standard InChI is InChI=1S/C21H27F2N5O3/c1-14(10-29)20(2,11-30)21(22,23)19(31-3)28-13-27-16-17(25-12-26-18(16)28)24-9-15-7-5-4-6-8-15/h4-8,12-14,19,29-30H,9-11H2,1-3H3,(H,24,25,26)/t14-,19-,20?/m1/s1. The molecule has 3 atom stereocenters. The second-order valence-electron chi connectivity index (χ2n) is 7.76. The molecule has 0 fully saturated rings. The average Bonchev–Trinajstić information content (AvgIpc) is 3.21. The lowest BCUT2D eigenvalue weighted by Crippen LogP contribution is -2.53. The summed E-state index contributed by atoms with van der Waals surface area (Å²) in [5.41, 5.74) is -0.446. The van der Waals surface area contributed by atoms with Crippen LogP contribution in [-0.4, -0.2) is 56.0 Å². The average molecular weight is 435 g/mol. The number of aromatic nitrogens is 4. The lowest BCUT2D eigenvalue weighted by Gasteiger charge is -2.43. The van der Waals surface area contributed by atoms with E-state index in [0.717, 1.165) is 17.2 Å². The number of nitrogens with one attached hydrogen (secondary N) is 1. The topological polar surface area (TPSA) is 105 Å². The summed E-state index contributed by atoms with van der Waals surface area (Å²) in [6.45, 7) is 1.80.